The summed E-state index contributed by atoms with van der Waals surface area (Å²) in [5, 5.41) is 25.0. The summed E-state index contributed by atoms with van der Waals surface area (Å²) < 4.78 is 18.7. The number of benzene rings is 1. The van der Waals surface area contributed by atoms with Gasteiger partial charge in [0, 0.05) is 24.0 Å². The number of hydrogen-bond acceptors (Lipinski definition) is 7. The number of fused-ring (bicyclic) bond motifs is 1. The zero-order chi connectivity index (χ0) is 21.5. The number of halogens is 2. The van der Waals surface area contributed by atoms with Crippen LogP contribution in [0.5, 0.6) is 0 Å². The van der Waals surface area contributed by atoms with E-state index >= 15 is 0 Å². The Hall–Kier alpha value is -2.09. The smallest absolute Gasteiger partial charge is 0.351 e. The molecule has 0 saturated carbocycles. The largest absolute Gasteiger partial charge is 0.394 e. The minimum atomic E-state index is -2.34. The van der Waals surface area contributed by atoms with E-state index in [4.69, 9.17) is 4.74 Å². The number of nitrogens with one attached hydrogen (secondary N) is 2. The highest BCUT2D eigenvalue weighted by Crippen LogP contribution is 2.45. The van der Waals surface area contributed by atoms with Crippen LogP contribution in [0.4, 0.5) is 15.9 Å². The number of aliphatic hydroxyl groups is 2. The van der Waals surface area contributed by atoms with E-state index in [9.17, 15) is 24.2 Å². The number of carbonyl (C=O) groups is 1. The molecule has 30 heavy (non-hydrogen) atoms. The molecule has 2 aliphatic rings. The van der Waals surface area contributed by atoms with Gasteiger partial charge in [-0.2, -0.15) is 4.98 Å². The maximum Gasteiger partial charge on any atom is 0.351 e. The number of ether oxygens (including phenoxy) is 1. The number of aryl methyl sites for hydroxylation is 1. The third-order valence-electron chi connectivity index (χ3n) is 5.19. The van der Waals surface area contributed by atoms with E-state index in [-0.39, 0.29) is 5.82 Å². The Bertz CT molecular complexity index is 1030. The summed E-state index contributed by atoms with van der Waals surface area (Å²) in [5.41, 5.74) is 1.60. The van der Waals surface area contributed by atoms with Gasteiger partial charge in [0.1, 0.15) is 18.0 Å². The van der Waals surface area contributed by atoms with Crippen LogP contribution in [0.1, 0.15) is 28.6 Å². The average molecular weight is 530 g/mol. The summed E-state index contributed by atoms with van der Waals surface area (Å²) in [4.78, 5) is 28.7. The molecule has 2 unspecified atom stereocenters. The molecule has 2 aliphatic heterocycles. The molecule has 11 heteroatoms. The average Bonchev–Trinajstić information content (AvgIpc) is 2.96. The molecule has 1 aromatic heterocycles. The molecular formula is C19H20FIN4O5. The SMILES string of the molecule is O=C(Nc1ccn(C2O[C@H](CO)[C@@H](O)C2(F)I)c(=O)n1)c1ccc2c(c1)NCCC2. The first-order chi connectivity index (χ1) is 14.3. The van der Waals surface area contributed by atoms with Crippen LogP contribution in [0.25, 0.3) is 0 Å². The standard InChI is InChI=1S/C19H20FIN4O5/c20-19(21)15(27)13(9-26)30-17(19)25-7-5-14(24-18(25)29)23-16(28)11-4-3-10-2-1-6-22-12(10)8-11/h3-5,7-8,13,15,17,22,26-27H,1-2,6,9H2,(H,23,24,28,29)/t13-,15-,17?,19?/m1/s1. The molecule has 4 N–H and O–H groups in total. The van der Waals surface area contributed by atoms with Crippen molar-refractivity contribution in [3.8, 4) is 0 Å². The number of alkyl halides is 2. The minimum Gasteiger partial charge on any atom is -0.394 e. The molecular weight excluding hydrogens is 510 g/mol. The van der Waals surface area contributed by atoms with Gasteiger partial charge in [-0.15, -0.1) is 0 Å². The number of hydrogen-bond donors (Lipinski definition) is 4. The molecule has 9 nitrogen and oxygen atoms in total. The van der Waals surface area contributed by atoms with E-state index < -0.39 is 40.3 Å². The first-order valence-electron chi connectivity index (χ1n) is 9.41. The number of carbonyl (C=O) groups excluding carboxylic acids is 1. The lowest BCUT2D eigenvalue weighted by molar-refractivity contribution is -0.0499. The molecule has 0 bridgehead atoms. The van der Waals surface area contributed by atoms with Gasteiger partial charge in [0.15, 0.2) is 6.23 Å². The van der Waals surface area contributed by atoms with Gasteiger partial charge in [0.25, 0.3) is 5.91 Å². The molecule has 1 fully saturated rings. The predicted octanol–water partition coefficient (Wildman–Crippen LogP) is 1.21. The quantitative estimate of drug-likeness (QED) is 0.346. The van der Waals surface area contributed by atoms with Crippen molar-refractivity contribution in [2.45, 2.75) is 35.0 Å². The van der Waals surface area contributed by atoms with Gasteiger partial charge in [0.05, 0.1) is 6.61 Å². The summed E-state index contributed by atoms with van der Waals surface area (Å²) in [6.07, 6.45) is -1.04. The van der Waals surface area contributed by atoms with E-state index in [1.54, 1.807) is 12.1 Å². The van der Waals surface area contributed by atoms with Gasteiger partial charge >= 0.3 is 5.69 Å². The molecule has 2 aromatic rings. The molecule has 1 aromatic carbocycles. The van der Waals surface area contributed by atoms with Crippen LogP contribution in [0, 0.1) is 0 Å². The number of aromatic nitrogens is 2. The normalized spacial score (nSPS) is 27.9. The highest BCUT2D eigenvalue weighted by Gasteiger charge is 2.56. The van der Waals surface area contributed by atoms with Crippen LogP contribution in [0.3, 0.4) is 0 Å². The Morgan fingerprint density at radius 2 is 2.27 bits per heavy atom. The van der Waals surface area contributed by atoms with Crippen LogP contribution >= 0.6 is 22.6 Å². The highest BCUT2D eigenvalue weighted by atomic mass is 127. The fraction of sp³-hybridized carbons (Fsp3) is 0.421. The van der Waals surface area contributed by atoms with Crippen molar-refractivity contribution in [3.05, 3.63) is 52.1 Å². The van der Waals surface area contributed by atoms with E-state index in [2.05, 4.69) is 15.6 Å². The van der Waals surface area contributed by atoms with Crippen molar-refractivity contribution in [1.82, 2.24) is 9.55 Å². The Morgan fingerprint density at radius 1 is 1.47 bits per heavy atom. The summed E-state index contributed by atoms with van der Waals surface area (Å²) in [6.45, 7) is 0.248. The van der Waals surface area contributed by atoms with Gasteiger partial charge in [0.2, 0.25) is 3.68 Å². The summed E-state index contributed by atoms with van der Waals surface area (Å²) in [7, 11) is 0. The van der Waals surface area contributed by atoms with E-state index in [0.717, 1.165) is 35.2 Å². The number of nitrogens with zero attached hydrogens (tertiary/aromatic N) is 2. The Labute approximate surface area is 184 Å². The number of rotatable bonds is 4. The van der Waals surface area contributed by atoms with Crippen LogP contribution < -0.4 is 16.3 Å². The first-order valence-corrected chi connectivity index (χ1v) is 10.5. The van der Waals surface area contributed by atoms with Crippen LogP contribution in [-0.2, 0) is 11.2 Å². The minimum absolute atomic E-state index is 0.00194. The molecule has 1 saturated heterocycles. The second-order valence-electron chi connectivity index (χ2n) is 7.19. The highest BCUT2D eigenvalue weighted by molar-refractivity contribution is 14.1. The molecule has 1 amide bonds. The Morgan fingerprint density at radius 3 is 2.97 bits per heavy atom. The summed E-state index contributed by atoms with van der Waals surface area (Å²) in [6, 6.07) is 6.69. The van der Waals surface area contributed by atoms with E-state index in [1.165, 1.54) is 34.9 Å². The van der Waals surface area contributed by atoms with Gasteiger partial charge in [-0.05, 0) is 59.2 Å². The van der Waals surface area contributed by atoms with Crippen LogP contribution in [0.15, 0.2) is 35.3 Å². The number of anilines is 2. The monoisotopic (exact) mass is 530 g/mol. The van der Waals surface area contributed by atoms with Crippen molar-refractivity contribution in [2.75, 3.05) is 23.8 Å². The van der Waals surface area contributed by atoms with Gasteiger partial charge in [-0.3, -0.25) is 9.36 Å². The Balaban J connectivity index is 1.53. The summed E-state index contributed by atoms with van der Waals surface area (Å²) >= 11 is 1.35. The maximum atomic E-state index is 14.9. The second-order valence-corrected chi connectivity index (χ2v) is 8.84. The lowest BCUT2D eigenvalue weighted by atomic mass is 10.0. The molecule has 4 rings (SSSR count). The fourth-order valence-corrected chi connectivity index (χ4v) is 4.42. The zero-order valence-electron chi connectivity index (χ0n) is 15.7. The predicted molar refractivity (Wildman–Crippen MR) is 115 cm³/mol. The second kappa shape index (κ2) is 8.21. The molecule has 0 spiro atoms. The Kier molecular flexibility index (Phi) is 5.79. The molecule has 0 radical (unpaired) electrons. The van der Waals surface area contributed by atoms with Crippen molar-refractivity contribution in [3.63, 3.8) is 0 Å². The van der Waals surface area contributed by atoms with E-state index in [1.807, 2.05) is 6.07 Å². The molecule has 4 atom stereocenters. The van der Waals surface area contributed by atoms with Crippen molar-refractivity contribution in [1.29, 1.82) is 0 Å². The van der Waals surface area contributed by atoms with Gasteiger partial charge in [-0.1, -0.05) is 6.07 Å². The van der Waals surface area contributed by atoms with Crippen LogP contribution in [-0.4, -0.2) is 54.7 Å². The lowest BCUT2D eigenvalue weighted by Gasteiger charge is -2.23. The fourth-order valence-electron chi connectivity index (χ4n) is 3.57. The molecule has 3 heterocycles. The van der Waals surface area contributed by atoms with Crippen LogP contribution in [0.2, 0.25) is 0 Å². The number of aliphatic hydroxyl groups excluding tert-OH is 2. The molecule has 160 valence electrons. The van der Waals surface area contributed by atoms with Crippen molar-refractivity contribution >= 4 is 40.0 Å². The van der Waals surface area contributed by atoms with Gasteiger partial charge < -0.3 is 25.6 Å². The molecule has 0 aliphatic carbocycles. The zero-order valence-corrected chi connectivity index (χ0v) is 17.9. The maximum absolute atomic E-state index is 14.9. The van der Waals surface area contributed by atoms with Crippen molar-refractivity contribution < 1.29 is 24.1 Å². The number of amides is 1. The van der Waals surface area contributed by atoms with Gasteiger partial charge in [-0.25, -0.2) is 9.18 Å². The van der Waals surface area contributed by atoms with E-state index in [0.29, 0.717) is 5.56 Å². The third kappa shape index (κ3) is 3.82. The summed E-state index contributed by atoms with van der Waals surface area (Å²) in [5.74, 6) is -0.432. The lowest BCUT2D eigenvalue weighted by Crippen LogP contribution is -2.40. The first kappa shape index (κ1) is 21.2. The third-order valence-corrected chi connectivity index (χ3v) is 6.36. The topological polar surface area (TPSA) is 126 Å². The van der Waals surface area contributed by atoms with Crippen molar-refractivity contribution in [2.24, 2.45) is 0 Å².